The molecule has 27 heavy (non-hydrogen) atoms. The summed E-state index contributed by atoms with van der Waals surface area (Å²) in [4.78, 5) is 13.0. The van der Waals surface area contributed by atoms with Gasteiger partial charge in [-0.25, -0.2) is 0 Å². The Labute approximate surface area is 163 Å². The first-order valence-corrected chi connectivity index (χ1v) is 9.23. The molecule has 0 aromatic heterocycles. The molecule has 0 radical (unpaired) electrons. The molecule has 2 aromatic carbocycles. The predicted molar refractivity (Wildman–Crippen MR) is 113 cm³/mol. The number of hydrogen-bond donors (Lipinski definition) is 2. The lowest BCUT2D eigenvalue weighted by molar-refractivity contribution is -0.384. The van der Waals surface area contributed by atoms with Crippen LogP contribution in [0.1, 0.15) is 24.8 Å². The zero-order valence-corrected chi connectivity index (χ0v) is 15.6. The van der Waals surface area contributed by atoms with Crippen molar-refractivity contribution in [1.82, 2.24) is 5.43 Å². The van der Waals surface area contributed by atoms with E-state index in [2.05, 4.69) is 20.7 Å². The fourth-order valence-electron chi connectivity index (χ4n) is 3.02. The van der Waals surface area contributed by atoms with E-state index < -0.39 is 4.92 Å². The maximum absolute atomic E-state index is 11.1. The fourth-order valence-corrected chi connectivity index (χ4v) is 3.19. The van der Waals surface area contributed by atoms with Crippen molar-refractivity contribution in [3.63, 3.8) is 0 Å². The monoisotopic (exact) mass is 383 g/mol. The van der Waals surface area contributed by atoms with E-state index in [4.69, 9.17) is 12.2 Å². The number of para-hydroxylation sites is 1. The van der Waals surface area contributed by atoms with E-state index in [1.54, 1.807) is 18.3 Å². The molecule has 0 aliphatic carbocycles. The Kier molecular flexibility index (Phi) is 6.32. The molecule has 1 aliphatic heterocycles. The van der Waals surface area contributed by atoms with Gasteiger partial charge in [0.15, 0.2) is 5.11 Å². The van der Waals surface area contributed by atoms with Gasteiger partial charge in [-0.3, -0.25) is 15.5 Å². The second kappa shape index (κ2) is 9.09. The Morgan fingerprint density at radius 3 is 2.59 bits per heavy atom. The van der Waals surface area contributed by atoms with E-state index >= 15 is 0 Å². The van der Waals surface area contributed by atoms with Crippen LogP contribution in [-0.4, -0.2) is 29.3 Å². The molecule has 8 heteroatoms. The average Bonchev–Trinajstić information content (AvgIpc) is 2.69. The molecule has 2 aromatic rings. The van der Waals surface area contributed by atoms with Crippen LogP contribution in [0.25, 0.3) is 0 Å². The van der Waals surface area contributed by atoms with Crippen molar-refractivity contribution in [1.29, 1.82) is 0 Å². The molecule has 0 spiro atoms. The number of hydrazone groups is 1. The highest BCUT2D eigenvalue weighted by atomic mass is 32.1. The van der Waals surface area contributed by atoms with Gasteiger partial charge < -0.3 is 10.2 Å². The van der Waals surface area contributed by atoms with Crippen molar-refractivity contribution < 1.29 is 4.92 Å². The Hall–Kier alpha value is -3.00. The van der Waals surface area contributed by atoms with Crippen molar-refractivity contribution in [2.24, 2.45) is 5.10 Å². The van der Waals surface area contributed by atoms with Crippen LogP contribution in [0.15, 0.2) is 53.6 Å². The number of nitrogens with one attached hydrogen (secondary N) is 2. The minimum Gasteiger partial charge on any atom is -0.371 e. The van der Waals surface area contributed by atoms with E-state index in [9.17, 15) is 10.1 Å². The van der Waals surface area contributed by atoms with Crippen LogP contribution in [-0.2, 0) is 0 Å². The van der Waals surface area contributed by atoms with Crippen LogP contribution in [0.2, 0.25) is 0 Å². The highest BCUT2D eigenvalue weighted by Gasteiger charge is 2.16. The van der Waals surface area contributed by atoms with Crippen molar-refractivity contribution in [2.45, 2.75) is 19.3 Å². The molecule has 7 nitrogen and oxygen atoms in total. The maximum Gasteiger partial charge on any atom is 0.270 e. The Morgan fingerprint density at radius 2 is 1.89 bits per heavy atom. The van der Waals surface area contributed by atoms with E-state index in [1.807, 2.05) is 30.3 Å². The van der Waals surface area contributed by atoms with Gasteiger partial charge >= 0.3 is 0 Å². The zero-order valence-electron chi connectivity index (χ0n) is 14.8. The first kappa shape index (κ1) is 18.8. The molecular weight excluding hydrogens is 362 g/mol. The summed E-state index contributed by atoms with van der Waals surface area (Å²) >= 11 is 5.22. The maximum atomic E-state index is 11.1. The third-order valence-electron chi connectivity index (χ3n) is 4.32. The number of hydrogen-bond acceptors (Lipinski definition) is 5. The Balaban J connectivity index is 1.73. The summed E-state index contributed by atoms with van der Waals surface area (Å²) in [7, 11) is 0. The second-order valence-electron chi connectivity index (χ2n) is 6.24. The number of anilines is 2. The van der Waals surface area contributed by atoms with Gasteiger partial charge in [0.1, 0.15) is 0 Å². The lowest BCUT2D eigenvalue weighted by Crippen LogP contribution is -2.30. The van der Waals surface area contributed by atoms with Crippen molar-refractivity contribution in [3.8, 4) is 0 Å². The number of non-ortho nitro benzene ring substituents is 1. The topological polar surface area (TPSA) is 82.8 Å². The number of piperidine rings is 1. The minimum absolute atomic E-state index is 0.0437. The molecule has 3 rings (SSSR count). The summed E-state index contributed by atoms with van der Waals surface area (Å²) in [5.41, 5.74) is 5.31. The van der Waals surface area contributed by atoms with Crippen LogP contribution in [0.3, 0.4) is 0 Å². The zero-order chi connectivity index (χ0) is 19.1. The highest BCUT2D eigenvalue weighted by molar-refractivity contribution is 7.80. The standard InChI is InChI=1S/C19H21N5O2S/c25-24(26)17-9-10-18(23-11-5-2-6-12-23)15(13-17)14-20-22-19(27)21-16-7-3-1-4-8-16/h1,3-4,7-10,13-14H,2,5-6,11-12H2,(H2,21,22,27)/b20-14+. The van der Waals surface area contributed by atoms with Crippen molar-refractivity contribution in [3.05, 3.63) is 64.2 Å². The van der Waals surface area contributed by atoms with Crippen molar-refractivity contribution in [2.75, 3.05) is 23.3 Å². The van der Waals surface area contributed by atoms with E-state index in [0.717, 1.165) is 37.3 Å². The van der Waals surface area contributed by atoms with E-state index in [1.165, 1.54) is 12.5 Å². The molecular formula is C19H21N5O2S. The third kappa shape index (κ3) is 5.24. The summed E-state index contributed by atoms with van der Waals surface area (Å²) in [6.07, 6.45) is 5.04. The van der Waals surface area contributed by atoms with E-state index in [-0.39, 0.29) is 5.69 Å². The molecule has 0 bridgehead atoms. The summed E-state index contributed by atoms with van der Waals surface area (Å²) < 4.78 is 0. The first-order valence-electron chi connectivity index (χ1n) is 8.82. The Bertz CT molecular complexity index is 835. The molecule has 0 amide bonds. The molecule has 1 saturated heterocycles. The van der Waals surface area contributed by atoms with Gasteiger partial charge in [0.2, 0.25) is 0 Å². The van der Waals surface area contributed by atoms with Crippen LogP contribution < -0.4 is 15.6 Å². The van der Waals surface area contributed by atoms with Gasteiger partial charge in [0.05, 0.1) is 11.1 Å². The number of thiocarbonyl (C=S) groups is 1. The predicted octanol–water partition coefficient (Wildman–Crippen LogP) is 3.91. The normalized spacial score (nSPS) is 14.1. The van der Waals surface area contributed by atoms with Gasteiger partial charge in [-0.1, -0.05) is 18.2 Å². The van der Waals surface area contributed by atoms with Gasteiger partial charge in [-0.05, 0) is 49.7 Å². The Morgan fingerprint density at radius 1 is 1.15 bits per heavy atom. The van der Waals surface area contributed by atoms with Crippen LogP contribution >= 0.6 is 12.2 Å². The summed E-state index contributed by atoms with van der Waals surface area (Å²) in [6, 6.07) is 14.4. The van der Waals surface area contributed by atoms with Gasteiger partial charge in [-0.2, -0.15) is 5.10 Å². The molecule has 0 unspecified atom stereocenters. The molecule has 1 aliphatic rings. The summed E-state index contributed by atoms with van der Waals surface area (Å²) in [6.45, 7) is 1.89. The average molecular weight is 383 g/mol. The summed E-state index contributed by atoms with van der Waals surface area (Å²) in [5.74, 6) is 0. The minimum atomic E-state index is -0.396. The molecule has 1 heterocycles. The van der Waals surface area contributed by atoms with E-state index in [0.29, 0.717) is 10.7 Å². The smallest absolute Gasteiger partial charge is 0.270 e. The number of nitrogens with zero attached hydrogens (tertiary/aromatic N) is 3. The van der Waals surface area contributed by atoms with Crippen LogP contribution in [0, 0.1) is 10.1 Å². The summed E-state index contributed by atoms with van der Waals surface area (Å²) in [5, 5.41) is 18.7. The van der Waals surface area contributed by atoms with Gasteiger partial charge in [0.25, 0.3) is 5.69 Å². The van der Waals surface area contributed by atoms with Crippen molar-refractivity contribution >= 4 is 40.6 Å². The highest BCUT2D eigenvalue weighted by Crippen LogP contribution is 2.26. The lowest BCUT2D eigenvalue weighted by atomic mass is 10.1. The number of nitro groups is 1. The first-order chi connectivity index (χ1) is 13.1. The lowest BCUT2D eigenvalue weighted by Gasteiger charge is -2.29. The van der Waals surface area contributed by atoms with Gasteiger partial charge in [0, 0.05) is 42.2 Å². The largest absolute Gasteiger partial charge is 0.371 e. The number of rotatable bonds is 5. The molecule has 0 atom stereocenters. The molecule has 140 valence electrons. The molecule has 0 saturated carbocycles. The molecule has 2 N–H and O–H groups in total. The number of nitro benzene ring substituents is 1. The number of benzene rings is 2. The van der Waals surface area contributed by atoms with Crippen LogP contribution in [0.4, 0.5) is 17.1 Å². The molecule has 1 fully saturated rings. The second-order valence-corrected chi connectivity index (χ2v) is 6.65. The van der Waals surface area contributed by atoms with Crippen LogP contribution in [0.5, 0.6) is 0 Å². The SMILES string of the molecule is O=[N+]([O-])c1ccc(N2CCCCC2)c(/C=N/NC(=S)Nc2ccccc2)c1. The quantitative estimate of drug-likeness (QED) is 0.353. The third-order valence-corrected chi connectivity index (χ3v) is 4.51. The van der Waals surface area contributed by atoms with Gasteiger partial charge in [-0.15, -0.1) is 0 Å². The fraction of sp³-hybridized carbons (Fsp3) is 0.263.